The quantitative estimate of drug-likeness (QED) is 0.412. The average molecular weight is 516 g/mol. The summed E-state index contributed by atoms with van der Waals surface area (Å²) >= 11 is 6.15. The molecule has 1 aliphatic rings. The number of hydrogen-bond acceptors (Lipinski definition) is 7. The van der Waals surface area contributed by atoms with E-state index in [2.05, 4.69) is 26.0 Å². The number of benzene rings is 2. The van der Waals surface area contributed by atoms with E-state index < -0.39 is 17.2 Å². The van der Waals surface area contributed by atoms with Crippen molar-refractivity contribution in [1.29, 1.82) is 5.26 Å². The van der Waals surface area contributed by atoms with Gasteiger partial charge in [-0.05, 0) is 55.3 Å². The first kappa shape index (κ1) is 24.0. The number of nitrogens with one attached hydrogen (secondary N) is 2. The van der Waals surface area contributed by atoms with Crippen molar-refractivity contribution < 1.29 is 14.1 Å². The van der Waals surface area contributed by atoms with Crippen LogP contribution in [0.2, 0.25) is 5.02 Å². The normalized spacial score (nSPS) is 12.6. The maximum Gasteiger partial charge on any atom is 0.439 e. The van der Waals surface area contributed by atoms with Crippen molar-refractivity contribution in [3.05, 3.63) is 91.3 Å². The molecule has 1 aliphatic carbocycles. The maximum atomic E-state index is 13.2. The summed E-state index contributed by atoms with van der Waals surface area (Å²) in [5.41, 5.74) is 2.43. The lowest BCUT2D eigenvalue weighted by atomic mass is 9.86. The molecule has 5 rings (SSSR count). The molecular weight excluding hydrogens is 498 g/mol. The van der Waals surface area contributed by atoms with Crippen molar-refractivity contribution >= 4 is 29.0 Å². The Bertz CT molecular complexity index is 1710. The lowest BCUT2D eigenvalue weighted by Gasteiger charge is -2.23. The van der Waals surface area contributed by atoms with Crippen molar-refractivity contribution in [1.82, 2.24) is 14.7 Å². The number of H-pyrrole nitrogens is 1. The third kappa shape index (κ3) is 4.72. The number of Topliss-reactive ketones (excluding diaryl/α,β-unsaturated/α-hetero) is 1. The minimum Gasteiger partial charge on any atom is -0.325 e. The number of carbonyl (C=O) groups excluding carboxylic acids is 2. The summed E-state index contributed by atoms with van der Waals surface area (Å²) in [6, 6.07) is 14.6. The molecule has 0 unspecified atom stereocenters. The number of rotatable bonds is 5. The largest absolute Gasteiger partial charge is 0.439 e. The van der Waals surface area contributed by atoms with Crippen molar-refractivity contribution in [2.24, 2.45) is 0 Å². The zero-order valence-electron chi connectivity index (χ0n) is 19.2. The first-order chi connectivity index (χ1) is 17.8. The van der Waals surface area contributed by atoms with Crippen LogP contribution in [0.1, 0.15) is 34.5 Å². The van der Waals surface area contributed by atoms with E-state index >= 15 is 0 Å². The van der Waals surface area contributed by atoms with Crippen LogP contribution in [0.15, 0.2) is 62.6 Å². The molecule has 2 aromatic heterocycles. The number of carbonyl (C=O) groups is 2. The Labute approximate surface area is 214 Å². The Kier molecular flexibility index (Phi) is 6.29. The highest BCUT2D eigenvalue weighted by Gasteiger charge is 2.27. The molecular formula is C26H18ClN5O5. The predicted octanol–water partition coefficient (Wildman–Crippen LogP) is 3.54. The van der Waals surface area contributed by atoms with E-state index in [1.54, 1.807) is 42.5 Å². The molecule has 0 fully saturated rings. The van der Waals surface area contributed by atoms with Gasteiger partial charge in [-0.3, -0.25) is 23.9 Å². The van der Waals surface area contributed by atoms with Crippen LogP contribution in [-0.4, -0.2) is 26.4 Å². The molecule has 0 spiro atoms. The number of aromatic amines is 1. The van der Waals surface area contributed by atoms with Gasteiger partial charge in [0.2, 0.25) is 5.91 Å². The van der Waals surface area contributed by atoms with Crippen molar-refractivity contribution in [3.63, 3.8) is 0 Å². The fourth-order valence-electron chi connectivity index (χ4n) is 4.44. The van der Waals surface area contributed by atoms with Crippen molar-refractivity contribution in [3.8, 4) is 28.6 Å². The van der Waals surface area contributed by atoms with E-state index in [-0.39, 0.29) is 23.7 Å². The smallest absolute Gasteiger partial charge is 0.325 e. The molecule has 2 heterocycles. The molecule has 2 N–H and O–H groups in total. The summed E-state index contributed by atoms with van der Waals surface area (Å²) in [5, 5.41) is 16.3. The minimum absolute atomic E-state index is 0.157. The summed E-state index contributed by atoms with van der Waals surface area (Å²) in [4.78, 5) is 52.6. The maximum absolute atomic E-state index is 13.2. The zero-order valence-corrected chi connectivity index (χ0v) is 20.0. The second-order valence-electron chi connectivity index (χ2n) is 8.45. The first-order valence-electron chi connectivity index (χ1n) is 11.3. The van der Waals surface area contributed by atoms with E-state index in [9.17, 15) is 24.4 Å². The fraction of sp³-hybridized carbons (Fsp3) is 0.154. The predicted molar refractivity (Wildman–Crippen MR) is 134 cm³/mol. The molecule has 0 atom stereocenters. The molecule has 1 amide bonds. The van der Waals surface area contributed by atoms with Gasteiger partial charge in [0.25, 0.3) is 5.56 Å². The molecule has 4 aromatic rings. The number of aromatic nitrogens is 3. The second-order valence-corrected chi connectivity index (χ2v) is 8.89. The lowest BCUT2D eigenvalue weighted by molar-refractivity contribution is -0.116. The summed E-state index contributed by atoms with van der Waals surface area (Å²) in [6.45, 7) is -0.298. The third-order valence-corrected chi connectivity index (χ3v) is 6.33. The molecule has 2 aromatic carbocycles. The van der Waals surface area contributed by atoms with E-state index in [1.807, 2.05) is 0 Å². The fourth-order valence-corrected chi connectivity index (χ4v) is 4.61. The van der Waals surface area contributed by atoms with Gasteiger partial charge in [-0.25, -0.2) is 4.79 Å². The number of fused-ring (bicyclic) bond motifs is 1. The van der Waals surface area contributed by atoms with Crippen LogP contribution < -0.4 is 16.6 Å². The number of amides is 1. The van der Waals surface area contributed by atoms with E-state index in [0.29, 0.717) is 57.9 Å². The Morgan fingerprint density at radius 1 is 1.11 bits per heavy atom. The van der Waals surface area contributed by atoms with Crippen LogP contribution in [0.4, 0.5) is 5.69 Å². The highest BCUT2D eigenvalue weighted by Crippen LogP contribution is 2.34. The van der Waals surface area contributed by atoms with Crippen LogP contribution >= 0.6 is 11.6 Å². The van der Waals surface area contributed by atoms with Crippen LogP contribution in [0.25, 0.3) is 22.5 Å². The Morgan fingerprint density at radius 3 is 2.59 bits per heavy atom. The van der Waals surface area contributed by atoms with Gasteiger partial charge in [-0.2, -0.15) is 5.26 Å². The first-order valence-corrected chi connectivity index (χ1v) is 11.7. The van der Waals surface area contributed by atoms with E-state index in [4.69, 9.17) is 11.6 Å². The summed E-state index contributed by atoms with van der Waals surface area (Å²) in [5.74, 6) is -1.04. The highest BCUT2D eigenvalue weighted by molar-refractivity contribution is 6.31. The lowest BCUT2D eigenvalue weighted by Crippen LogP contribution is -2.33. The molecule has 0 saturated heterocycles. The molecule has 10 nitrogen and oxygen atoms in total. The molecule has 0 bridgehead atoms. The molecule has 184 valence electrons. The van der Waals surface area contributed by atoms with Gasteiger partial charge in [0.15, 0.2) is 11.6 Å². The van der Waals surface area contributed by atoms with Gasteiger partial charge in [0.05, 0.1) is 11.6 Å². The van der Waals surface area contributed by atoms with E-state index in [1.165, 1.54) is 10.6 Å². The summed E-state index contributed by atoms with van der Waals surface area (Å²) in [6.07, 6.45) is 1.28. The number of ketones is 1. The van der Waals surface area contributed by atoms with Crippen LogP contribution in [0.3, 0.4) is 0 Å². The van der Waals surface area contributed by atoms with Gasteiger partial charge in [-0.1, -0.05) is 16.8 Å². The van der Waals surface area contributed by atoms with Gasteiger partial charge < -0.3 is 9.88 Å². The zero-order chi connectivity index (χ0) is 26.1. The van der Waals surface area contributed by atoms with Crippen molar-refractivity contribution in [2.75, 3.05) is 5.32 Å². The molecule has 0 radical (unpaired) electrons. The number of nitrogens with zero attached hydrogens (tertiary/aromatic N) is 3. The van der Waals surface area contributed by atoms with E-state index in [0.717, 1.165) is 0 Å². The summed E-state index contributed by atoms with van der Waals surface area (Å²) in [7, 11) is 0. The van der Waals surface area contributed by atoms with Crippen LogP contribution in [-0.2, 0) is 17.8 Å². The molecule has 0 aliphatic heterocycles. The van der Waals surface area contributed by atoms with Gasteiger partial charge in [-0.15, -0.1) is 0 Å². The number of halogens is 1. The van der Waals surface area contributed by atoms with Gasteiger partial charge >= 0.3 is 5.76 Å². The SMILES string of the molecule is N#Cc1ccc(Cl)cc1-c1cc(=O)n(CC(=O)Nc2ccc(-c3noc(=O)[nH]3)cc2)c2c1C(=O)CCC2. The van der Waals surface area contributed by atoms with Crippen LogP contribution in [0, 0.1) is 11.3 Å². The number of nitriles is 1. The number of pyridine rings is 1. The standard InChI is InChI=1S/C26H18ClN5O5/c27-16-7-4-15(12-28)18(10-16)19-11-23(35)32(20-2-1-3-21(33)24(19)20)13-22(34)29-17-8-5-14(6-9-17)25-30-26(36)37-31-25/h4-11H,1-3,13H2,(H,29,34)(H,30,31,36). The van der Waals surface area contributed by atoms with Crippen LogP contribution in [0.5, 0.6) is 0 Å². The van der Waals surface area contributed by atoms with Gasteiger partial charge in [0.1, 0.15) is 6.54 Å². The molecule has 11 heteroatoms. The summed E-state index contributed by atoms with van der Waals surface area (Å²) < 4.78 is 5.79. The highest BCUT2D eigenvalue weighted by atomic mass is 35.5. The number of hydrogen-bond donors (Lipinski definition) is 2. The second kappa shape index (κ2) is 9.72. The minimum atomic E-state index is -0.676. The number of anilines is 1. The van der Waals surface area contributed by atoms with Gasteiger partial charge in [0, 0.05) is 51.1 Å². The Balaban J connectivity index is 1.46. The monoisotopic (exact) mass is 515 g/mol. The average Bonchev–Trinajstić information content (AvgIpc) is 3.32. The Morgan fingerprint density at radius 2 is 1.89 bits per heavy atom. The topological polar surface area (TPSA) is 151 Å². The third-order valence-electron chi connectivity index (χ3n) is 6.09. The Hall–Kier alpha value is -4.75. The molecule has 0 saturated carbocycles. The molecule has 37 heavy (non-hydrogen) atoms. The van der Waals surface area contributed by atoms with Crippen molar-refractivity contribution in [2.45, 2.75) is 25.8 Å².